The molecule has 61 valence electrons. The number of thioether (sulfide) groups is 1. The van der Waals surface area contributed by atoms with E-state index in [-0.39, 0.29) is 0 Å². The van der Waals surface area contributed by atoms with Gasteiger partial charge < -0.3 is 4.98 Å². The number of hydrogen-bond acceptors (Lipinski definition) is 2. The molecule has 1 rings (SSSR count). The fourth-order valence-electron chi connectivity index (χ4n) is 0.572. The lowest BCUT2D eigenvalue weighted by atomic mass is 10.2. The Balaban J connectivity index is 2.35. The van der Waals surface area contributed by atoms with Crippen LogP contribution in [0.4, 0.5) is 0 Å². The highest BCUT2D eigenvalue weighted by Gasteiger charge is 2.15. The first kappa shape index (κ1) is 8.62. The van der Waals surface area contributed by atoms with Crippen molar-refractivity contribution in [1.82, 2.24) is 9.97 Å². The van der Waals surface area contributed by atoms with E-state index in [4.69, 9.17) is 0 Å². The summed E-state index contributed by atoms with van der Waals surface area (Å²) in [6.45, 7) is 3.34. The van der Waals surface area contributed by atoms with Crippen molar-refractivity contribution in [2.45, 2.75) is 24.6 Å². The molecule has 3 nitrogen and oxygen atoms in total. The van der Waals surface area contributed by atoms with Gasteiger partial charge in [-0.15, -0.1) is 0 Å². The molecule has 0 bridgehead atoms. The molecule has 1 radical (unpaired) electrons. The van der Waals surface area contributed by atoms with Crippen LogP contribution in [-0.2, 0) is 5.11 Å². The summed E-state index contributed by atoms with van der Waals surface area (Å²) in [5.74, 6) is 0.542. The van der Waals surface area contributed by atoms with Gasteiger partial charge >= 0.3 is 0 Å². The zero-order valence-corrected chi connectivity index (χ0v) is 7.44. The monoisotopic (exact) mass is 171 g/mol. The van der Waals surface area contributed by atoms with Crippen LogP contribution >= 0.6 is 11.8 Å². The van der Waals surface area contributed by atoms with Crippen molar-refractivity contribution in [3.05, 3.63) is 12.4 Å². The van der Waals surface area contributed by atoms with E-state index < -0.39 is 5.60 Å². The molecule has 0 aliphatic heterocycles. The van der Waals surface area contributed by atoms with E-state index in [0.717, 1.165) is 5.16 Å². The van der Waals surface area contributed by atoms with Crippen LogP contribution in [0.1, 0.15) is 13.8 Å². The summed E-state index contributed by atoms with van der Waals surface area (Å²) in [5.41, 5.74) is -0.878. The Morgan fingerprint density at radius 1 is 1.73 bits per heavy atom. The fraction of sp³-hybridized carbons (Fsp3) is 0.571. The Kier molecular flexibility index (Phi) is 2.57. The van der Waals surface area contributed by atoms with Gasteiger partial charge in [0.1, 0.15) is 5.60 Å². The lowest BCUT2D eigenvalue weighted by molar-refractivity contribution is 0.0263. The van der Waals surface area contributed by atoms with Crippen LogP contribution in [0.5, 0.6) is 0 Å². The molecule has 1 aromatic rings. The van der Waals surface area contributed by atoms with Crippen LogP contribution in [-0.4, -0.2) is 21.3 Å². The minimum absolute atomic E-state index is 0.542. The third-order valence-electron chi connectivity index (χ3n) is 1.03. The van der Waals surface area contributed by atoms with Gasteiger partial charge in [0.25, 0.3) is 0 Å². The number of H-pyrrole nitrogens is 1. The Morgan fingerprint density at radius 3 is 2.91 bits per heavy atom. The maximum Gasteiger partial charge on any atom is 0.165 e. The van der Waals surface area contributed by atoms with Gasteiger partial charge in [-0.2, -0.15) is 0 Å². The van der Waals surface area contributed by atoms with Crippen molar-refractivity contribution in [2.24, 2.45) is 0 Å². The van der Waals surface area contributed by atoms with E-state index >= 15 is 0 Å². The lowest BCUT2D eigenvalue weighted by Gasteiger charge is -2.11. The van der Waals surface area contributed by atoms with Gasteiger partial charge in [0.2, 0.25) is 0 Å². The van der Waals surface area contributed by atoms with E-state index in [9.17, 15) is 5.11 Å². The van der Waals surface area contributed by atoms with Crippen LogP contribution in [0.2, 0.25) is 0 Å². The molecule has 0 saturated carbocycles. The maximum absolute atomic E-state index is 11.1. The first-order valence-electron chi connectivity index (χ1n) is 3.40. The highest BCUT2D eigenvalue weighted by atomic mass is 32.2. The van der Waals surface area contributed by atoms with Gasteiger partial charge in [0.05, 0.1) is 0 Å². The molecule has 0 spiro atoms. The predicted octanol–water partition coefficient (Wildman–Crippen LogP) is 1.71. The first-order chi connectivity index (χ1) is 5.08. The third kappa shape index (κ3) is 3.43. The lowest BCUT2D eigenvalue weighted by Crippen LogP contribution is -2.19. The SMILES string of the molecule is CC(C)([O])CSc1ncc[nH]1. The smallest absolute Gasteiger partial charge is 0.165 e. The topological polar surface area (TPSA) is 48.6 Å². The fourth-order valence-corrected chi connectivity index (χ4v) is 1.34. The molecule has 0 amide bonds. The first-order valence-corrected chi connectivity index (χ1v) is 4.39. The average molecular weight is 171 g/mol. The average Bonchev–Trinajstić information content (AvgIpc) is 2.32. The molecular weight excluding hydrogens is 160 g/mol. The van der Waals surface area contributed by atoms with Crippen LogP contribution < -0.4 is 0 Å². The van der Waals surface area contributed by atoms with Gasteiger partial charge in [-0.05, 0) is 13.8 Å². The molecular formula is C7H11N2OS. The minimum atomic E-state index is -0.878. The number of nitrogens with zero attached hydrogens (tertiary/aromatic N) is 1. The van der Waals surface area contributed by atoms with E-state index in [0.29, 0.717) is 5.75 Å². The quantitative estimate of drug-likeness (QED) is 0.704. The normalized spacial score (nSPS) is 11.9. The van der Waals surface area contributed by atoms with E-state index in [1.54, 1.807) is 26.2 Å². The van der Waals surface area contributed by atoms with E-state index in [1.807, 2.05) is 0 Å². The maximum atomic E-state index is 11.1. The van der Waals surface area contributed by atoms with Crippen molar-refractivity contribution < 1.29 is 5.11 Å². The molecule has 0 fully saturated rings. The zero-order valence-electron chi connectivity index (χ0n) is 6.63. The summed E-state index contributed by atoms with van der Waals surface area (Å²) in [6, 6.07) is 0. The molecule has 1 N–H and O–H groups in total. The summed E-state index contributed by atoms with van der Waals surface area (Å²) in [5, 5.41) is 11.9. The van der Waals surface area contributed by atoms with Crippen LogP contribution in [0.3, 0.4) is 0 Å². The van der Waals surface area contributed by atoms with Crippen molar-refractivity contribution in [3.63, 3.8) is 0 Å². The summed E-state index contributed by atoms with van der Waals surface area (Å²) in [4.78, 5) is 6.91. The molecule has 11 heavy (non-hydrogen) atoms. The number of aromatic amines is 1. The van der Waals surface area contributed by atoms with Crippen molar-refractivity contribution >= 4 is 11.8 Å². The zero-order chi connectivity index (χ0) is 8.32. The second-order valence-corrected chi connectivity index (χ2v) is 3.91. The minimum Gasteiger partial charge on any atom is -0.340 e. The number of imidazole rings is 1. The molecule has 0 aliphatic rings. The molecule has 0 aliphatic carbocycles. The number of nitrogens with one attached hydrogen (secondary N) is 1. The van der Waals surface area contributed by atoms with Crippen molar-refractivity contribution in [3.8, 4) is 0 Å². The highest BCUT2D eigenvalue weighted by molar-refractivity contribution is 7.99. The molecule has 0 aromatic carbocycles. The predicted molar refractivity (Wildman–Crippen MR) is 44.1 cm³/mol. The van der Waals surface area contributed by atoms with Crippen molar-refractivity contribution in [1.29, 1.82) is 0 Å². The van der Waals surface area contributed by atoms with Crippen LogP contribution in [0, 0.1) is 0 Å². The molecule has 0 unspecified atom stereocenters. The van der Waals surface area contributed by atoms with Gasteiger partial charge in [-0.25, -0.2) is 10.1 Å². The van der Waals surface area contributed by atoms with E-state index in [1.165, 1.54) is 11.8 Å². The van der Waals surface area contributed by atoms with Gasteiger partial charge in [0.15, 0.2) is 5.16 Å². The Bertz CT molecular complexity index is 203. The number of aromatic nitrogens is 2. The summed E-state index contributed by atoms with van der Waals surface area (Å²) >= 11 is 1.45. The number of hydrogen-bond donors (Lipinski definition) is 1. The Morgan fingerprint density at radius 2 is 2.45 bits per heavy atom. The largest absolute Gasteiger partial charge is 0.340 e. The van der Waals surface area contributed by atoms with Gasteiger partial charge in [-0.1, -0.05) is 11.8 Å². The molecule has 4 heteroatoms. The summed E-state index contributed by atoms with van der Waals surface area (Å²) < 4.78 is 0. The summed E-state index contributed by atoms with van der Waals surface area (Å²) in [7, 11) is 0. The van der Waals surface area contributed by atoms with Crippen LogP contribution in [0.25, 0.3) is 0 Å². The second kappa shape index (κ2) is 3.28. The molecule has 0 atom stereocenters. The Hall–Kier alpha value is -0.480. The summed E-state index contributed by atoms with van der Waals surface area (Å²) in [6.07, 6.45) is 3.43. The van der Waals surface area contributed by atoms with E-state index in [2.05, 4.69) is 9.97 Å². The van der Waals surface area contributed by atoms with Gasteiger partial charge in [-0.3, -0.25) is 0 Å². The number of rotatable bonds is 3. The third-order valence-corrected chi connectivity index (χ3v) is 2.37. The standard InChI is InChI=1S/C7H11N2OS/c1-7(2,10)5-11-6-8-3-4-9-6/h3-4H,5H2,1-2H3,(H,8,9). The molecule has 0 saturated heterocycles. The molecule has 1 heterocycles. The molecule has 1 aromatic heterocycles. The second-order valence-electron chi connectivity index (χ2n) is 2.94. The van der Waals surface area contributed by atoms with Crippen molar-refractivity contribution in [2.75, 3.05) is 5.75 Å². The van der Waals surface area contributed by atoms with Crippen LogP contribution in [0.15, 0.2) is 17.6 Å². The Labute approximate surface area is 70.2 Å². The highest BCUT2D eigenvalue weighted by Crippen LogP contribution is 2.18. The van der Waals surface area contributed by atoms with Gasteiger partial charge in [0, 0.05) is 18.1 Å².